The van der Waals surface area contributed by atoms with Gasteiger partial charge in [-0.2, -0.15) is 10.4 Å². The summed E-state index contributed by atoms with van der Waals surface area (Å²) in [5.74, 6) is -0.182. The molecule has 1 aromatic carbocycles. The van der Waals surface area contributed by atoms with Gasteiger partial charge in [0.2, 0.25) is 0 Å². The van der Waals surface area contributed by atoms with E-state index in [1.165, 1.54) is 0 Å². The Morgan fingerprint density at radius 2 is 2.13 bits per heavy atom. The van der Waals surface area contributed by atoms with Gasteiger partial charge in [0.25, 0.3) is 5.91 Å². The summed E-state index contributed by atoms with van der Waals surface area (Å²) in [6.45, 7) is 9.08. The quantitative estimate of drug-likeness (QED) is 0.380. The maximum absolute atomic E-state index is 13.6. The van der Waals surface area contributed by atoms with E-state index >= 15 is 0 Å². The molecule has 5 heterocycles. The molecule has 1 amide bonds. The Balaban J connectivity index is 1.37. The molecular formula is C33H44ClN9O2. The number of nitrogens with one attached hydrogen (secondary N) is 2. The molecule has 2 fully saturated rings. The Bertz CT molecular complexity index is 1590. The van der Waals surface area contributed by atoms with Crippen LogP contribution in [0.15, 0.2) is 18.3 Å². The van der Waals surface area contributed by atoms with Crippen LogP contribution in [-0.4, -0.2) is 91.1 Å². The number of anilines is 2. The van der Waals surface area contributed by atoms with E-state index in [9.17, 15) is 10.1 Å². The fraction of sp³-hybridized carbons (Fsp3) is 0.576. The van der Waals surface area contributed by atoms with Gasteiger partial charge in [0.1, 0.15) is 5.69 Å². The Labute approximate surface area is 270 Å². The lowest BCUT2D eigenvalue weighted by atomic mass is 9.98. The minimum Gasteiger partial charge on any atom is -0.368 e. The van der Waals surface area contributed by atoms with Gasteiger partial charge >= 0.3 is 0 Å². The zero-order chi connectivity index (χ0) is 31.7. The van der Waals surface area contributed by atoms with Gasteiger partial charge in [-0.05, 0) is 71.3 Å². The fourth-order valence-electron chi connectivity index (χ4n) is 7.02. The summed E-state index contributed by atoms with van der Waals surface area (Å²) in [7, 11) is 3.99. The smallest absolute Gasteiger partial charge is 0.270 e. The number of pyridine rings is 1. The Hall–Kier alpha value is -3.43. The molecule has 12 heteroatoms. The maximum Gasteiger partial charge on any atom is 0.270 e. The van der Waals surface area contributed by atoms with Crippen LogP contribution in [0.1, 0.15) is 66.1 Å². The van der Waals surface area contributed by atoms with Gasteiger partial charge in [-0.15, -0.1) is 0 Å². The number of aryl methyl sites for hydroxylation is 1. The maximum atomic E-state index is 13.6. The molecule has 3 aliphatic heterocycles. The van der Waals surface area contributed by atoms with E-state index in [4.69, 9.17) is 26.4 Å². The van der Waals surface area contributed by atoms with Gasteiger partial charge in [-0.3, -0.25) is 4.79 Å². The number of fused-ring (bicyclic) bond motifs is 2. The zero-order valence-electron chi connectivity index (χ0n) is 26.8. The average molecular weight is 634 g/mol. The van der Waals surface area contributed by atoms with Gasteiger partial charge in [-0.25, -0.2) is 9.67 Å². The summed E-state index contributed by atoms with van der Waals surface area (Å²) in [4.78, 5) is 25.2. The van der Waals surface area contributed by atoms with Crippen molar-refractivity contribution in [1.29, 1.82) is 5.26 Å². The first-order chi connectivity index (χ1) is 21.7. The number of amides is 1. The zero-order valence-corrected chi connectivity index (χ0v) is 27.5. The predicted octanol–water partition coefficient (Wildman–Crippen LogP) is 4.03. The molecule has 3 atom stereocenters. The van der Waals surface area contributed by atoms with Crippen LogP contribution in [0.5, 0.6) is 0 Å². The molecule has 0 bridgehead atoms. The number of likely N-dealkylation sites (N-methyl/N-ethyl adjacent to an activating group) is 1. The van der Waals surface area contributed by atoms with E-state index in [2.05, 4.69) is 37.5 Å². The molecule has 2 aromatic heterocycles. The molecule has 0 radical (unpaired) electrons. The SMILES string of the molecule is Cc1cc2c(cnn2C2CCCCO2)c(N2CCc3c(N4CCN[C@@H](CC#N)C4)cc(C(=O)NC(C)CN(C)C)nc3C2)c1Cl. The molecule has 3 aromatic rings. The molecule has 240 valence electrons. The number of rotatable bonds is 8. The highest BCUT2D eigenvalue weighted by Gasteiger charge is 2.31. The molecule has 45 heavy (non-hydrogen) atoms. The minimum atomic E-state index is -0.182. The molecule has 11 nitrogen and oxygen atoms in total. The first kappa shape index (κ1) is 31.5. The molecule has 2 unspecified atom stereocenters. The van der Waals surface area contributed by atoms with Crippen molar-refractivity contribution in [2.45, 2.75) is 70.8 Å². The summed E-state index contributed by atoms with van der Waals surface area (Å²) >= 11 is 7.07. The number of hydrogen-bond donors (Lipinski definition) is 2. The van der Waals surface area contributed by atoms with Crippen molar-refractivity contribution < 1.29 is 9.53 Å². The van der Waals surface area contributed by atoms with Crippen LogP contribution < -0.4 is 20.4 Å². The van der Waals surface area contributed by atoms with Crippen molar-refractivity contribution in [3.05, 3.63) is 45.9 Å². The number of nitriles is 1. The third-order valence-corrected chi connectivity index (χ3v) is 9.56. The van der Waals surface area contributed by atoms with Crippen molar-refractivity contribution >= 4 is 39.8 Å². The monoisotopic (exact) mass is 633 g/mol. The lowest BCUT2D eigenvalue weighted by Gasteiger charge is -2.38. The van der Waals surface area contributed by atoms with Crippen molar-refractivity contribution in [3.63, 3.8) is 0 Å². The van der Waals surface area contributed by atoms with E-state index in [0.29, 0.717) is 30.2 Å². The lowest BCUT2D eigenvalue weighted by Crippen LogP contribution is -2.51. The van der Waals surface area contributed by atoms with Gasteiger partial charge in [0.15, 0.2) is 6.23 Å². The number of halogens is 1. The van der Waals surface area contributed by atoms with Crippen molar-refractivity contribution in [1.82, 2.24) is 30.3 Å². The summed E-state index contributed by atoms with van der Waals surface area (Å²) in [6, 6.07) is 6.41. The molecule has 3 aliphatic rings. The Kier molecular flexibility index (Phi) is 9.47. The second kappa shape index (κ2) is 13.5. The van der Waals surface area contributed by atoms with Crippen LogP contribution >= 0.6 is 11.6 Å². The van der Waals surface area contributed by atoms with E-state index in [-0.39, 0.29) is 24.2 Å². The first-order valence-electron chi connectivity index (χ1n) is 16.1. The number of carbonyl (C=O) groups is 1. The highest BCUT2D eigenvalue weighted by Crippen LogP contribution is 2.41. The molecule has 2 N–H and O–H groups in total. The number of benzene rings is 1. The van der Waals surface area contributed by atoms with Crippen LogP contribution in [-0.2, 0) is 17.7 Å². The number of ether oxygens (including phenoxy) is 1. The van der Waals surface area contributed by atoms with Gasteiger partial charge in [0.05, 0.1) is 47.2 Å². The van der Waals surface area contributed by atoms with Crippen molar-refractivity contribution in [2.24, 2.45) is 0 Å². The Morgan fingerprint density at radius 3 is 2.89 bits per heavy atom. The average Bonchev–Trinajstić information content (AvgIpc) is 3.44. The van der Waals surface area contributed by atoms with Crippen LogP contribution in [0.3, 0.4) is 0 Å². The molecule has 2 saturated heterocycles. The number of carbonyl (C=O) groups excluding carboxylic acids is 1. The fourth-order valence-corrected chi connectivity index (χ4v) is 7.29. The highest BCUT2D eigenvalue weighted by atomic mass is 35.5. The highest BCUT2D eigenvalue weighted by molar-refractivity contribution is 6.35. The van der Waals surface area contributed by atoms with Gasteiger partial charge in [-0.1, -0.05) is 11.6 Å². The summed E-state index contributed by atoms with van der Waals surface area (Å²) < 4.78 is 8.10. The van der Waals surface area contributed by atoms with Crippen LogP contribution in [0.2, 0.25) is 5.02 Å². The van der Waals surface area contributed by atoms with Gasteiger partial charge in [0, 0.05) is 68.1 Å². The summed E-state index contributed by atoms with van der Waals surface area (Å²) in [6.07, 6.45) is 6.18. The molecule has 0 aliphatic carbocycles. The number of piperazine rings is 1. The third kappa shape index (κ3) is 6.61. The lowest BCUT2D eigenvalue weighted by molar-refractivity contribution is -0.0366. The van der Waals surface area contributed by atoms with Crippen molar-refractivity contribution in [3.8, 4) is 6.07 Å². The topological polar surface area (TPSA) is 115 Å². The van der Waals surface area contributed by atoms with Gasteiger partial charge < -0.3 is 30.1 Å². The second-order valence-electron chi connectivity index (χ2n) is 12.9. The van der Waals surface area contributed by atoms with E-state index < -0.39 is 0 Å². The standard InChI is InChI=1S/C33H44ClN9O2/c1-21-15-29-25(17-37-43(29)30-7-5-6-14-45-30)32(31(21)34)42-12-9-24-27(20-42)39-26(33(44)38-22(2)18-40(3)4)16-28(24)41-13-11-36-23(19-41)8-10-35/h15-17,22-23,30,36H,5-9,11-14,18-20H2,1-4H3,(H,38,44)/t22?,23-,30?/m0/s1. The minimum absolute atomic E-state index is 0.0338. The number of nitrogens with zero attached hydrogens (tertiary/aromatic N) is 7. The molecular weight excluding hydrogens is 590 g/mol. The van der Waals surface area contributed by atoms with Crippen molar-refractivity contribution in [2.75, 3.05) is 63.2 Å². The summed E-state index contributed by atoms with van der Waals surface area (Å²) in [5, 5.41) is 22.4. The number of hydrogen-bond acceptors (Lipinski definition) is 9. The number of aromatic nitrogens is 3. The summed E-state index contributed by atoms with van der Waals surface area (Å²) in [5.41, 5.74) is 6.45. The Morgan fingerprint density at radius 1 is 1.29 bits per heavy atom. The third-order valence-electron chi connectivity index (χ3n) is 9.08. The van der Waals surface area contributed by atoms with E-state index in [0.717, 1.165) is 97.6 Å². The molecule has 0 saturated carbocycles. The van der Waals surface area contributed by atoms with Crippen LogP contribution in [0.4, 0.5) is 11.4 Å². The van der Waals surface area contributed by atoms with Crippen LogP contribution in [0.25, 0.3) is 10.9 Å². The normalized spacial score (nSPS) is 21.1. The second-order valence-corrected chi connectivity index (χ2v) is 13.3. The van der Waals surface area contributed by atoms with E-state index in [1.807, 2.05) is 44.9 Å². The first-order valence-corrected chi connectivity index (χ1v) is 16.5. The molecule has 0 spiro atoms. The van der Waals surface area contributed by atoms with E-state index in [1.54, 1.807) is 0 Å². The predicted molar refractivity (Wildman–Crippen MR) is 177 cm³/mol. The van der Waals surface area contributed by atoms with Crippen LogP contribution in [0, 0.1) is 18.3 Å². The largest absolute Gasteiger partial charge is 0.368 e. The molecule has 6 rings (SSSR count).